The highest BCUT2D eigenvalue weighted by Gasteiger charge is 2.16. The van der Waals surface area contributed by atoms with Crippen LogP contribution in [0.25, 0.3) is 0 Å². The fourth-order valence-electron chi connectivity index (χ4n) is 2.71. The number of fused-ring (bicyclic) bond motifs is 1. The molecule has 3 rings (SSSR count). The normalized spacial score (nSPS) is 13.8. The Morgan fingerprint density at radius 1 is 1.05 bits per heavy atom. The van der Waals surface area contributed by atoms with Gasteiger partial charge in [0.25, 0.3) is 0 Å². The lowest BCUT2D eigenvalue weighted by Crippen LogP contribution is -2.38. The molecule has 20 heavy (non-hydrogen) atoms. The average molecular weight is 287 g/mol. The van der Waals surface area contributed by atoms with Crippen LogP contribution in [0.3, 0.4) is 0 Å². The maximum atomic E-state index is 12.2. The van der Waals surface area contributed by atoms with Crippen molar-refractivity contribution in [2.24, 2.45) is 0 Å². The van der Waals surface area contributed by atoms with Crippen molar-refractivity contribution in [3.8, 4) is 0 Å². The quantitative estimate of drug-likeness (QED) is 0.626. The Hall–Kier alpha value is -1.67. The number of carbonyl (C=O) groups excluding carboxylic acids is 1. The number of hydrogen-bond acceptors (Lipinski definition) is 1. The number of halogens is 1. The summed E-state index contributed by atoms with van der Waals surface area (Å²) in [7, 11) is 0. The van der Waals surface area contributed by atoms with Crippen molar-refractivity contribution in [1.29, 1.82) is 0 Å². The highest BCUT2D eigenvalue weighted by molar-refractivity contribution is 6.30. The number of carbonyl (C=O) groups is 1. The van der Waals surface area contributed by atoms with Crippen LogP contribution in [0.1, 0.15) is 34.3 Å². The van der Waals surface area contributed by atoms with Crippen LogP contribution in [0.5, 0.6) is 0 Å². The minimum absolute atomic E-state index is 0.113. The monoisotopic (exact) mass is 286 g/mol. The van der Waals surface area contributed by atoms with Gasteiger partial charge in [-0.1, -0.05) is 11.6 Å². The van der Waals surface area contributed by atoms with E-state index in [1.165, 1.54) is 30.4 Å². The van der Waals surface area contributed by atoms with E-state index in [0.29, 0.717) is 17.1 Å². The molecule has 3 heteroatoms. The summed E-state index contributed by atoms with van der Waals surface area (Å²) < 4.78 is 1.99. The van der Waals surface area contributed by atoms with Gasteiger partial charge in [-0.15, -0.1) is 0 Å². The summed E-state index contributed by atoms with van der Waals surface area (Å²) in [6, 6.07) is 9.23. The molecular formula is C17H17ClNO+. The highest BCUT2D eigenvalue weighted by Crippen LogP contribution is 2.18. The fraction of sp³-hybridized carbons (Fsp3) is 0.294. The maximum absolute atomic E-state index is 12.2. The number of nitrogens with zero attached hydrogens (tertiary/aromatic N) is 1. The van der Waals surface area contributed by atoms with E-state index in [0.717, 1.165) is 6.42 Å². The van der Waals surface area contributed by atoms with Gasteiger partial charge in [0.2, 0.25) is 12.3 Å². The molecule has 0 spiro atoms. The maximum Gasteiger partial charge on any atom is 0.227 e. The molecule has 0 saturated heterocycles. The molecule has 1 aromatic carbocycles. The molecule has 0 fully saturated rings. The van der Waals surface area contributed by atoms with Gasteiger partial charge in [0.15, 0.2) is 12.4 Å². The lowest BCUT2D eigenvalue weighted by molar-refractivity contribution is -0.683. The Labute approximate surface area is 124 Å². The SMILES string of the molecule is O=C(C[n+]1ccc2c(c1)CCCC2)c1ccc(Cl)cc1. The second-order valence-corrected chi connectivity index (χ2v) is 5.74. The van der Waals surface area contributed by atoms with Crippen molar-refractivity contribution in [2.45, 2.75) is 32.2 Å². The average Bonchev–Trinajstić information content (AvgIpc) is 2.48. The zero-order valence-corrected chi connectivity index (χ0v) is 12.1. The second kappa shape index (κ2) is 5.76. The lowest BCUT2D eigenvalue weighted by Gasteiger charge is -2.13. The summed E-state index contributed by atoms with van der Waals surface area (Å²) in [6.45, 7) is 0.384. The fourth-order valence-corrected chi connectivity index (χ4v) is 2.84. The minimum Gasteiger partial charge on any atom is -0.287 e. The molecule has 0 N–H and O–H groups in total. The van der Waals surface area contributed by atoms with Crippen LogP contribution in [-0.2, 0) is 19.4 Å². The van der Waals surface area contributed by atoms with Gasteiger partial charge in [-0.05, 0) is 55.5 Å². The van der Waals surface area contributed by atoms with E-state index < -0.39 is 0 Å². The van der Waals surface area contributed by atoms with E-state index in [9.17, 15) is 4.79 Å². The summed E-state index contributed by atoms with van der Waals surface area (Å²) in [5.74, 6) is 0.113. The molecule has 2 aromatic rings. The lowest BCUT2D eigenvalue weighted by atomic mass is 9.93. The zero-order chi connectivity index (χ0) is 13.9. The molecule has 0 aliphatic heterocycles. The molecule has 1 heterocycles. The van der Waals surface area contributed by atoms with Gasteiger partial charge in [0.05, 0.1) is 0 Å². The van der Waals surface area contributed by atoms with Gasteiger partial charge in [0.1, 0.15) is 0 Å². The summed E-state index contributed by atoms with van der Waals surface area (Å²) in [6.07, 6.45) is 8.97. The van der Waals surface area contributed by atoms with Crippen molar-refractivity contribution in [1.82, 2.24) is 0 Å². The van der Waals surface area contributed by atoms with Crippen LogP contribution < -0.4 is 4.57 Å². The van der Waals surface area contributed by atoms with Crippen LogP contribution in [-0.4, -0.2) is 5.78 Å². The van der Waals surface area contributed by atoms with Crippen molar-refractivity contribution in [2.75, 3.05) is 0 Å². The highest BCUT2D eigenvalue weighted by atomic mass is 35.5. The van der Waals surface area contributed by atoms with Crippen LogP contribution >= 0.6 is 11.6 Å². The van der Waals surface area contributed by atoms with E-state index in [1.807, 2.05) is 10.8 Å². The standard InChI is InChI=1S/C17H17ClNO/c18-16-7-5-14(6-8-16)17(20)12-19-10-9-13-3-1-2-4-15(13)11-19/h5-11H,1-4,12H2/q+1. The van der Waals surface area contributed by atoms with E-state index in [-0.39, 0.29) is 5.78 Å². The van der Waals surface area contributed by atoms with Crippen molar-refractivity contribution >= 4 is 17.4 Å². The first kappa shape index (κ1) is 13.3. The first-order valence-corrected chi connectivity index (χ1v) is 7.40. The third-order valence-corrected chi connectivity index (χ3v) is 4.09. The number of aromatic nitrogens is 1. The molecule has 2 nitrogen and oxygen atoms in total. The van der Waals surface area contributed by atoms with Gasteiger partial charge in [-0.3, -0.25) is 4.79 Å². The molecule has 0 amide bonds. The van der Waals surface area contributed by atoms with Gasteiger partial charge in [-0.25, -0.2) is 0 Å². The van der Waals surface area contributed by atoms with E-state index in [2.05, 4.69) is 12.3 Å². The third-order valence-electron chi connectivity index (χ3n) is 3.84. The Kier molecular flexibility index (Phi) is 3.83. The van der Waals surface area contributed by atoms with Gasteiger partial charge < -0.3 is 0 Å². The number of rotatable bonds is 3. The molecule has 102 valence electrons. The first-order chi connectivity index (χ1) is 9.72. The van der Waals surface area contributed by atoms with Crippen molar-refractivity contribution < 1.29 is 9.36 Å². The molecule has 0 radical (unpaired) electrons. The number of pyridine rings is 1. The topological polar surface area (TPSA) is 20.9 Å². The Morgan fingerprint density at radius 3 is 2.50 bits per heavy atom. The van der Waals surface area contributed by atoms with Gasteiger partial charge in [0, 0.05) is 22.2 Å². The van der Waals surface area contributed by atoms with Crippen LogP contribution in [0.15, 0.2) is 42.7 Å². The predicted octanol–water partition coefficient (Wildman–Crippen LogP) is 3.39. The third kappa shape index (κ3) is 2.91. The summed E-state index contributed by atoms with van der Waals surface area (Å²) >= 11 is 5.84. The zero-order valence-electron chi connectivity index (χ0n) is 11.3. The smallest absolute Gasteiger partial charge is 0.227 e. The Balaban J connectivity index is 1.77. The van der Waals surface area contributed by atoms with E-state index in [4.69, 9.17) is 11.6 Å². The van der Waals surface area contributed by atoms with Crippen molar-refractivity contribution in [3.63, 3.8) is 0 Å². The van der Waals surface area contributed by atoms with Crippen LogP contribution in [0, 0.1) is 0 Å². The number of hydrogen-bond donors (Lipinski definition) is 0. The molecule has 0 unspecified atom stereocenters. The van der Waals surface area contributed by atoms with Crippen molar-refractivity contribution in [3.05, 3.63) is 64.4 Å². The summed E-state index contributed by atoms with van der Waals surface area (Å²) in [4.78, 5) is 12.2. The number of Topliss-reactive ketones (excluding diaryl/α,β-unsaturated/α-hetero) is 1. The number of benzene rings is 1. The predicted molar refractivity (Wildman–Crippen MR) is 79.1 cm³/mol. The molecule has 1 aliphatic carbocycles. The van der Waals surface area contributed by atoms with Crippen LogP contribution in [0.4, 0.5) is 0 Å². The van der Waals surface area contributed by atoms with E-state index in [1.54, 1.807) is 24.3 Å². The largest absolute Gasteiger partial charge is 0.287 e. The van der Waals surface area contributed by atoms with E-state index >= 15 is 0 Å². The van der Waals surface area contributed by atoms with Crippen LogP contribution in [0.2, 0.25) is 5.02 Å². The number of ketones is 1. The Morgan fingerprint density at radius 2 is 1.75 bits per heavy atom. The minimum atomic E-state index is 0.113. The molecule has 0 bridgehead atoms. The molecule has 0 saturated carbocycles. The second-order valence-electron chi connectivity index (χ2n) is 5.30. The van der Waals surface area contributed by atoms with Gasteiger partial charge in [-0.2, -0.15) is 4.57 Å². The molecule has 0 atom stereocenters. The van der Waals surface area contributed by atoms with Gasteiger partial charge >= 0.3 is 0 Å². The summed E-state index contributed by atoms with van der Waals surface area (Å²) in [5, 5.41) is 0.656. The molecule has 1 aliphatic rings. The number of aryl methyl sites for hydroxylation is 2. The first-order valence-electron chi connectivity index (χ1n) is 7.02. The molecular weight excluding hydrogens is 270 g/mol. The molecule has 1 aromatic heterocycles. The summed E-state index contributed by atoms with van der Waals surface area (Å²) in [5.41, 5.74) is 3.54. The Bertz CT molecular complexity index is 634.